The summed E-state index contributed by atoms with van der Waals surface area (Å²) in [6.07, 6.45) is 4.12. The summed E-state index contributed by atoms with van der Waals surface area (Å²) in [6.45, 7) is 0.596. The molecular weight excluding hydrogens is 232 g/mol. The van der Waals surface area contributed by atoms with Crippen LogP contribution in [0.5, 0.6) is 0 Å². The molecule has 3 atom stereocenters. The number of ether oxygens (including phenoxy) is 1. The molecular formula is C13H16N2O3. The molecule has 18 heavy (non-hydrogen) atoms. The average Bonchev–Trinajstić information content (AvgIpc) is 2.99. The number of nitrogens with one attached hydrogen (secondary N) is 1. The number of fused-ring (bicyclic) bond motifs is 2. The number of nitrogens with zero attached hydrogens (tertiary/aromatic N) is 1. The summed E-state index contributed by atoms with van der Waals surface area (Å²) in [5.74, 6) is -0.986. The van der Waals surface area contributed by atoms with Crippen LogP contribution >= 0.6 is 0 Å². The lowest BCUT2D eigenvalue weighted by Crippen LogP contribution is -2.37. The second-order valence-corrected chi connectivity index (χ2v) is 4.92. The number of rotatable bonds is 4. The highest BCUT2D eigenvalue weighted by Crippen LogP contribution is 2.34. The van der Waals surface area contributed by atoms with Gasteiger partial charge in [-0.3, -0.25) is 0 Å². The normalized spacial score (nSPS) is 29.7. The third-order valence-corrected chi connectivity index (χ3v) is 3.68. The first-order chi connectivity index (χ1) is 8.72. The molecule has 2 aliphatic rings. The first-order valence-electron chi connectivity index (χ1n) is 6.30. The van der Waals surface area contributed by atoms with Crippen molar-refractivity contribution in [2.45, 2.75) is 44.1 Å². The van der Waals surface area contributed by atoms with Crippen LogP contribution in [-0.4, -0.2) is 34.3 Å². The van der Waals surface area contributed by atoms with Gasteiger partial charge in [0.15, 0.2) is 0 Å². The number of hydrogen-bond acceptors (Lipinski definition) is 4. The number of aromatic carboxylic acids is 1. The van der Waals surface area contributed by atoms with Crippen LogP contribution < -0.4 is 5.32 Å². The zero-order valence-corrected chi connectivity index (χ0v) is 10.0. The number of aromatic nitrogens is 1. The predicted octanol–water partition coefficient (Wildman–Crippen LogP) is 1.19. The Morgan fingerprint density at radius 2 is 2.39 bits per heavy atom. The number of carboxylic acid groups (broad SMARTS) is 1. The lowest BCUT2D eigenvalue weighted by atomic mass is 9.95. The Kier molecular flexibility index (Phi) is 3.01. The SMILES string of the molecule is O=C(O)c1cccc(CNC2CC3CCC2O3)n1. The lowest BCUT2D eigenvalue weighted by molar-refractivity contribution is 0.0690. The van der Waals surface area contributed by atoms with Crippen molar-refractivity contribution in [3.8, 4) is 0 Å². The van der Waals surface area contributed by atoms with Crippen molar-refractivity contribution in [1.82, 2.24) is 10.3 Å². The molecule has 2 aliphatic heterocycles. The van der Waals surface area contributed by atoms with Gasteiger partial charge in [0.1, 0.15) is 5.69 Å². The molecule has 1 aromatic rings. The van der Waals surface area contributed by atoms with Gasteiger partial charge in [-0.2, -0.15) is 0 Å². The van der Waals surface area contributed by atoms with E-state index in [1.54, 1.807) is 6.07 Å². The smallest absolute Gasteiger partial charge is 0.354 e. The van der Waals surface area contributed by atoms with Crippen LogP contribution in [0.1, 0.15) is 35.4 Å². The minimum Gasteiger partial charge on any atom is -0.477 e. The molecule has 3 heterocycles. The number of carbonyl (C=O) groups is 1. The maximum atomic E-state index is 10.8. The summed E-state index contributed by atoms with van der Waals surface area (Å²) in [5.41, 5.74) is 0.858. The molecule has 0 saturated carbocycles. The first kappa shape index (κ1) is 11.6. The van der Waals surface area contributed by atoms with Gasteiger partial charge in [-0.05, 0) is 31.4 Å². The van der Waals surface area contributed by atoms with Crippen molar-refractivity contribution in [3.05, 3.63) is 29.6 Å². The van der Waals surface area contributed by atoms with E-state index in [4.69, 9.17) is 9.84 Å². The number of carboxylic acids is 1. The molecule has 2 N–H and O–H groups in total. The van der Waals surface area contributed by atoms with E-state index in [2.05, 4.69) is 10.3 Å². The second kappa shape index (κ2) is 4.66. The quantitative estimate of drug-likeness (QED) is 0.837. The van der Waals surface area contributed by atoms with Crippen LogP contribution in [0.2, 0.25) is 0 Å². The first-order valence-corrected chi connectivity index (χ1v) is 6.30. The zero-order valence-electron chi connectivity index (χ0n) is 10.0. The van der Waals surface area contributed by atoms with Gasteiger partial charge >= 0.3 is 5.97 Å². The van der Waals surface area contributed by atoms with Crippen molar-refractivity contribution < 1.29 is 14.6 Å². The molecule has 0 aliphatic carbocycles. The van der Waals surface area contributed by atoms with Gasteiger partial charge in [0.05, 0.1) is 17.9 Å². The topological polar surface area (TPSA) is 71.5 Å². The Labute approximate surface area is 105 Å². The van der Waals surface area contributed by atoms with E-state index in [1.165, 1.54) is 12.5 Å². The fraction of sp³-hybridized carbons (Fsp3) is 0.538. The summed E-state index contributed by atoms with van der Waals surface area (Å²) in [6, 6.07) is 5.46. The predicted molar refractivity (Wildman–Crippen MR) is 64.3 cm³/mol. The van der Waals surface area contributed by atoms with Crippen molar-refractivity contribution >= 4 is 5.97 Å². The molecule has 0 spiro atoms. The minimum absolute atomic E-state index is 0.0958. The molecule has 3 rings (SSSR count). The minimum atomic E-state index is -0.986. The Morgan fingerprint density at radius 3 is 3.06 bits per heavy atom. The van der Waals surface area contributed by atoms with Gasteiger partial charge in [0, 0.05) is 12.6 Å². The average molecular weight is 248 g/mol. The second-order valence-electron chi connectivity index (χ2n) is 4.92. The highest BCUT2D eigenvalue weighted by Gasteiger charge is 2.40. The van der Waals surface area contributed by atoms with E-state index in [1.807, 2.05) is 6.07 Å². The van der Waals surface area contributed by atoms with E-state index < -0.39 is 5.97 Å². The van der Waals surface area contributed by atoms with Crippen LogP contribution in [0.25, 0.3) is 0 Å². The van der Waals surface area contributed by atoms with E-state index in [0.717, 1.165) is 18.5 Å². The van der Waals surface area contributed by atoms with Crippen molar-refractivity contribution in [2.24, 2.45) is 0 Å². The van der Waals surface area contributed by atoms with Gasteiger partial charge < -0.3 is 15.2 Å². The molecule has 5 heteroatoms. The highest BCUT2D eigenvalue weighted by molar-refractivity contribution is 5.85. The summed E-state index contributed by atoms with van der Waals surface area (Å²) < 4.78 is 5.76. The zero-order chi connectivity index (χ0) is 12.5. The van der Waals surface area contributed by atoms with Crippen LogP contribution in [0, 0.1) is 0 Å². The highest BCUT2D eigenvalue weighted by atomic mass is 16.5. The van der Waals surface area contributed by atoms with E-state index in [0.29, 0.717) is 24.8 Å². The van der Waals surface area contributed by atoms with E-state index >= 15 is 0 Å². The van der Waals surface area contributed by atoms with Crippen molar-refractivity contribution in [1.29, 1.82) is 0 Å². The fourth-order valence-corrected chi connectivity index (χ4v) is 2.79. The molecule has 5 nitrogen and oxygen atoms in total. The maximum Gasteiger partial charge on any atom is 0.354 e. The molecule has 1 aromatic heterocycles. The number of pyridine rings is 1. The van der Waals surface area contributed by atoms with Gasteiger partial charge in [-0.15, -0.1) is 0 Å². The molecule has 2 fully saturated rings. The Bertz CT molecular complexity index is 463. The maximum absolute atomic E-state index is 10.8. The van der Waals surface area contributed by atoms with Gasteiger partial charge in [0.25, 0.3) is 0 Å². The van der Waals surface area contributed by atoms with Crippen molar-refractivity contribution in [3.63, 3.8) is 0 Å². The fourth-order valence-electron chi connectivity index (χ4n) is 2.79. The molecule has 3 unspecified atom stereocenters. The lowest BCUT2D eigenvalue weighted by Gasteiger charge is -2.19. The van der Waals surface area contributed by atoms with E-state index in [9.17, 15) is 4.79 Å². The van der Waals surface area contributed by atoms with Crippen LogP contribution in [-0.2, 0) is 11.3 Å². The Hall–Kier alpha value is -1.46. The summed E-state index contributed by atoms with van der Waals surface area (Å²) in [7, 11) is 0. The summed E-state index contributed by atoms with van der Waals surface area (Å²) >= 11 is 0. The third kappa shape index (κ3) is 2.23. The molecule has 0 amide bonds. The van der Waals surface area contributed by atoms with Crippen molar-refractivity contribution in [2.75, 3.05) is 0 Å². The molecule has 0 aromatic carbocycles. The summed E-state index contributed by atoms with van der Waals surface area (Å²) in [4.78, 5) is 14.9. The van der Waals surface area contributed by atoms with E-state index in [-0.39, 0.29) is 5.69 Å². The largest absolute Gasteiger partial charge is 0.477 e. The van der Waals surface area contributed by atoms with Gasteiger partial charge in [-0.25, -0.2) is 9.78 Å². The standard InChI is InChI=1S/C13H16N2O3/c16-13(17)10-3-1-2-8(15-10)7-14-11-6-9-4-5-12(11)18-9/h1-3,9,11-12,14H,4-7H2,(H,16,17). The monoisotopic (exact) mass is 248 g/mol. The van der Waals surface area contributed by atoms with Gasteiger partial charge in [-0.1, -0.05) is 6.07 Å². The molecule has 2 bridgehead atoms. The van der Waals surface area contributed by atoms with Crippen LogP contribution in [0.15, 0.2) is 18.2 Å². The number of hydrogen-bond donors (Lipinski definition) is 2. The van der Waals surface area contributed by atoms with Crippen LogP contribution in [0.4, 0.5) is 0 Å². The molecule has 0 radical (unpaired) electrons. The Morgan fingerprint density at radius 1 is 1.50 bits per heavy atom. The van der Waals surface area contributed by atoms with Crippen LogP contribution in [0.3, 0.4) is 0 Å². The summed E-state index contributed by atoms with van der Waals surface area (Å²) in [5, 5.41) is 12.3. The van der Waals surface area contributed by atoms with Gasteiger partial charge in [0.2, 0.25) is 0 Å². The third-order valence-electron chi connectivity index (χ3n) is 3.68. The molecule has 96 valence electrons. The molecule has 2 saturated heterocycles. The Balaban J connectivity index is 1.60.